The van der Waals surface area contributed by atoms with Gasteiger partial charge in [0.2, 0.25) is 0 Å². The van der Waals surface area contributed by atoms with Crippen LogP contribution in [0.2, 0.25) is 0 Å². The Kier molecular flexibility index (Phi) is 6.54. The lowest BCUT2D eigenvalue weighted by Crippen LogP contribution is -2.04. The fourth-order valence-corrected chi connectivity index (χ4v) is 1.99. The summed E-state index contributed by atoms with van der Waals surface area (Å²) in [6.07, 6.45) is 2.90. The van der Waals surface area contributed by atoms with Crippen molar-refractivity contribution in [2.24, 2.45) is 0 Å². The highest BCUT2D eigenvalue weighted by molar-refractivity contribution is 5.81. The van der Waals surface area contributed by atoms with Gasteiger partial charge in [-0.25, -0.2) is 14.5 Å². The summed E-state index contributed by atoms with van der Waals surface area (Å²) in [7, 11) is 0. The Morgan fingerprint density at radius 2 is 1.32 bits per heavy atom. The van der Waals surface area contributed by atoms with Crippen molar-refractivity contribution in [1.29, 1.82) is 0 Å². The van der Waals surface area contributed by atoms with Crippen molar-refractivity contribution < 1.29 is 24.1 Å². The molecule has 0 unspecified atom stereocenters. The van der Waals surface area contributed by atoms with E-state index in [1.807, 2.05) is 36.4 Å². The van der Waals surface area contributed by atoms with Crippen molar-refractivity contribution in [2.45, 2.75) is 13.0 Å². The molecule has 0 spiro atoms. The minimum atomic E-state index is -0.650. The average molecular weight is 338 g/mol. The summed E-state index contributed by atoms with van der Waals surface area (Å²) in [6, 6.07) is 15.0. The van der Waals surface area contributed by atoms with E-state index in [1.54, 1.807) is 12.1 Å². The van der Waals surface area contributed by atoms with Gasteiger partial charge in [-0.05, 0) is 35.2 Å². The molecule has 0 N–H and O–H groups in total. The van der Waals surface area contributed by atoms with Crippen LogP contribution in [0, 0.1) is 0 Å². The molecule has 5 nitrogen and oxygen atoms in total. The molecule has 0 radical (unpaired) electrons. The Hall–Kier alpha value is -3.34. The number of carbonyl (C=O) groups is 2. The van der Waals surface area contributed by atoms with E-state index in [1.165, 1.54) is 0 Å². The largest absolute Gasteiger partial charge is 0.458 e. The summed E-state index contributed by atoms with van der Waals surface area (Å²) in [5.41, 5.74) is 3.10. The average Bonchev–Trinajstić information content (AvgIpc) is 2.66. The molecule has 0 aliphatic heterocycles. The zero-order valence-electron chi connectivity index (χ0n) is 13.6. The van der Waals surface area contributed by atoms with Crippen molar-refractivity contribution in [3.05, 3.63) is 90.5 Å². The summed E-state index contributed by atoms with van der Waals surface area (Å²) in [5.74, 6) is -0.661. The Bertz CT molecular complexity index is 679. The zero-order chi connectivity index (χ0) is 18.1. The molecule has 2 rings (SSSR count). The number of rotatable bonds is 8. The van der Waals surface area contributed by atoms with Crippen LogP contribution in [-0.2, 0) is 32.2 Å². The summed E-state index contributed by atoms with van der Waals surface area (Å²) in [4.78, 5) is 31.3. The number of benzene rings is 2. The summed E-state index contributed by atoms with van der Waals surface area (Å²) in [6.45, 7) is 6.86. The fourth-order valence-electron chi connectivity index (χ4n) is 1.99. The van der Waals surface area contributed by atoms with Crippen LogP contribution in [0.4, 0.5) is 0 Å². The van der Waals surface area contributed by atoms with Crippen molar-refractivity contribution >= 4 is 11.9 Å². The molecule has 2 aromatic carbocycles. The second kappa shape index (κ2) is 9.08. The molecule has 0 aromatic heterocycles. The van der Waals surface area contributed by atoms with Crippen molar-refractivity contribution in [3.63, 3.8) is 0 Å². The predicted octanol–water partition coefficient (Wildman–Crippen LogP) is 3.53. The van der Waals surface area contributed by atoms with Gasteiger partial charge in [0.25, 0.3) is 0 Å². The molecule has 2 aromatic rings. The molecule has 0 fully saturated rings. The van der Waals surface area contributed by atoms with Gasteiger partial charge in [-0.3, -0.25) is 4.89 Å². The first kappa shape index (κ1) is 18.0. The minimum Gasteiger partial charge on any atom is -0.458 e. The quantitative estimate of drug-likeness (QED) is 0.319. The third-order valence-electron chi connectivity index (χ3n) is 3.29. The second-order valence-corrected chi connectivity index (χ2v) is 5.14. The lowest BCUT2D eigenvalue weighted by molar-refractivity contribution is -0.207. The Labute approximate surface area is 146 Å². The zero-order valence-corrected chi connectivity index (χ0v) is 13.6. The SMILES string of the molecule is C=CC(=O)OCc1ccc(Cc2ccc(OOC(=O)C=C)cc2)cc1. The van der Waals surface area contributed by atoms with Crippen molar-refractivity contribution in [2.75, 3.05) is 0 Å². The maximum absolute atomic E-state index is 11.0. The Morgan fingerprint density at radius 3 is 1.88 bits per heavy atom. The van der Waals surface area contributed by atoms with Crippen LogP contribution < -0.4 is 4.89 Å². The van der Waals surface area contributed by atoms with Gasteiger partial charge in [0.15, 0.2) is 5.75 Å². The van der Waals surface area contributed by atoms with Crippen LogP contribution >= 0.6 is 0 Å². The van der Waals surface area contributed by atoms with E-state index in [4.69, 9.17) is 9.62 Å². The molecule has 0 aliphatic rings. The number of carbonyl (C=O) groups excluding carboxylic acids is 2. The highest BCUT2D eigenvalue weighted by Crippen LogP contribution is 2.16. The molecule has 0 atom stereocenters. The van der Waals surface area contributed by atoms with Gasteiger partial charge in [-0.15, -0.1) is 0 Å². The third kappa shape index (κ3) is 5.99. The molecule has 0 aliphatic carbocycles. The summed E-state index contributed by atoms with van der Waals surface area (Å²) in [5, 5.41) is 0. The maximum Gasteiger partial charge on any atom is 0.378 e. The van der Waals surface area contributed by atoms with E-state index < -0.39 is 11.9 Å². The number of hydrogen-bond donors (Lipinski definition) is 0. The van der Waals surface area contributed by atoms with Crippen molar-refractivity contribution in [3.8, 4) is 5.75 Å². The predicted molar refractivity (Wildman–Crippen MR) is 92.6 cm³/mol. The van der Waals surface area contributed by atoms with Gasteiger partial charge in [0.05, 0.1) is 0 Å². The van der Waals surface area contributed by atoms with Gasteiger partial charge in [-0.1, -0.05) is 49.6 Å². The lowest BCUT2D eigenvalue weighted by Gasteiger charge is -2.06. The fraction of sp³-hybridized carbons (Fsp3) is 0.100. The van der Waals surface area contributed by atoms with E-state index in [9.17, 15) is 9.59 Å². The Morgan fingerprint density at radius 1 is 0.800 bits per heavy atom. The highest BCUT2D eigenvalue weighted by atomic mass is 17.2. The van der Waals surface area contributed by atoms with Crippen LogP contribution in [0.5, 0.6) is 5.75 Å². The molecular weight excluding hydrogens is 320 g/mol. The molecule has 0 amide bonds. The molecule has 25 heavy (non-hydrogen) atoms. The molecule has 0 saturated carbocycles. The first-order chi connectivity index (χ1) is 12.1. The Balaban J connectivity index is 1.89. The van der Waals surface area contributed by atoms with E-state index >= 15 is 0 Å². The maximum atomic E-state index is 11.0. The van der Waals surface area contributed by atoms with Crippen LogP contribution in [0.15, 0.2) is 73.8 Å². The topological polar surface area (TPSA) is 61.8 Å². The number of esters is 1. The van der Waals surface area contributed by atoms with Gasteiger partial charge in [0.1, 0.15) is 6.61 Å². The first-order valence-corrected chi connectivity index (χ1v) is 7.57. The van der Waals surface area contributed by atoms with Crippen LogP contribution in [0.3, 0.4) is 0 Å². The number of ether oxygens (including phenoxy) is 1. The smallest absolute Gasteiger partial charge is 0.378 e. The molecule has 128 valence electrons. The summed E-state index contributed by atoms with van der Waals surface area (Å²) >= 11 is 0. The molecular formula is C20H18O5. The lowest BCUT2D eigenvalue weighted by atomic mass is 10.0. The third-order valence-corrected chi connectivity index (χ3v) is 3.29. The first-order valence-electron chi connectivity index (χ1n) is 7.57. The monoisotopic (exact) mass is 338 g/mol. The van der Waals surface area contributed by atoms with Crippen LogP contribution in [0.25, 0.3) is 0 Å². The van der Waals surface area contributed by atoms with E-state index in [0.717, 1.165) is 35.3 Å². The normalized spacial score (nSPS) is 9.76. The summed E-state index contributed by atoms with van der Waals surface area (Å²) < 4.78 is 4.98. The highest BCUT2D eigenvalue weighted by Gasteiger charge is 2.02. The molecule has 5 heteroatoms. The van der Waals surface area contributed by atoms with Crippen molar-refractivity contribution in [1.82, 2.24) is 0 Å². The van der Waals surface area contributed by atoms with Gasteiger partial charge in [0, 0.05) is 12.2 Å². The van der Waals surface area contributed by atoms with Gasteiger partial charge in [-0.2, -0.15) is 0 Å². The van der Waals surface area contributed by atoms with E-state index in [-0.39, 0.29) is 6.61 Å². The second-order valence-electron chi connectivity index (χ2n) is 5.14. The molecule has 0 heterocycles. The van der Waals surface area contributed by atoms with E-state index in [0.29, 0.717) is 5.75 Å². The van der Waals surface area contributed by atoms with E-state index in [2.05, 4.69) is 18.0 Å². The standard InChI is InChI=1S/C20H18O5/c1-3-19(21)23-14-17-7-5-15(6-8-17)13-16-9-11-18(12-10-16)24-25-20(22)4-2/h3-12H,1-2,13-14H2. The number of hydrogen-bond acceptors (Lipinski definition) is 5. The van der Waals surface area contributed by atoms with Gasteiger partial charge >= 0.3 is 11.9 Å². The molecule has 0 bridgehead atoms. The van der Waals surface area contributed by atoms with Gasteiger partial charge < -0.3 is 4.74 Å². The minimum absolute atomic E-state index is 0.223. The van der Waals surface area contributed by atoms with Crippen LogP contribution in [0.1, 0.15) is 16.7 Å². The molecule has 0 saturated heterocycles. The van der Waals surface area contributed by atoms with Crippen LogP contribution in [-0.4, -0.2) is 11.9 Å².